The molecule has 1 N–H and O–H groups in total. The molecule has 0 aliphatic carbocycles. The maximum Gasteiger partial charge on any atom is 0.145 e. The van der Waals surface area contributed by atoms with E-state index in [1.165, 1.54) is 11.3 Å². The number of nitrogens with one attached hydrogen (secondary N) is 1. The molecular weight excluding hydrogens is 260 g/mol. The average molecular weight is 286 g/mol. The third-order valence-electron chi connectivity index (χ3n) is 3.60. The predicted octanol–water partition coefficient (Wildman–Crippen LogP) is 4.89. The fourth-order valence-corrected chi connectivity index (χ4v) is 2.80. The molecule has 0 fully saturated rings. The monoisotopic (exact) mass is 286 g/mol. The molecule has 0 bridgehead atoms. The van der Waals surface area contributed by atoms with E-state index in [1.807, 2.05) is 6.07 Å². The van der Waals surface area contributed by atoms with E-state index in [0.29, 0.717) is 5.92 Å². The van der Waals surface area contributed by atoms with Crippen LogP contribution in [0.4, 0.5) is 5.69 Å². The van der Waals surface area contributed by atoms with Gasteiger partial charge < -0.3 is 10.1 Å². The van der Waals surface area contributed by atoms with Crippen molar-refractivity contribution in [2.24, 2.45) is 0 Å². The van der Waals surface area contributed by atoms with Crippen LogP contribution in [0.5, 0.6) is 5.75 Å². The second-order valence-electron chi connectivity index (χ2n) is 5.67. The molecule has 0 unspecified atom stereocenters. The van der Waals surface area contributed by atoms with Crippen molar-refractivity contribution in [3.05, 3.63) is 29.5 Å². The van der Waals surface area contributed by atoms with E-state index in [0.717, 1.165) is 41.9 Å². The summed E-state index contributed by atoms with van der Waals surface area (Å²) in [6.45, 7) is 12.4. The van der Waals surface area contributed by atoms with Crippen molar-refractivity contribution >= 4 is 16.6 Å². The second-order valence-corrected chi connectivity index (χ2v) is 5.67. The lowest BCUT2D eigenvalue weighted by Gasteiger charge is -2.20. The van der Waals surface area contributed by atoms with Crippen molar-refractivity contribution < 1.29 is 4.74 Å². The van der Waals surface area contributed by atoms with Crippen LogP contribution in [0.25, 0.3) is 10.9 Å². The molecule has 3 nitrogen and oxygen atoms in total. The van der Waals surface area contributed by atoms with E-state index in [-0.39, 0.29) is 0 Å². The minimum absolute atomic E-state index is 0.441. The number of ether oxygens (including phenoxy) is 1. The zero-order chi connectivity index (χ0) is 15.4. The Labute approximate surface area is 127 Å². The molecule has 1 aromatic carbocycles. The van der Waals surface area contributed by atoms with E-state index in [2.05, 4.69) is 52.1 Å². The van der Waals surface area contributed by atoms with Gasteiger partial charge in [0, 0.05) is 23.3 Å². The number of fused-ring (bicyclic) bond motifs is 1. The highest BCUT2D eigenvalue weighted by atomic mass is 16.5. The van der Waals surface area contributed by atoms with Crippen LogP contribution >= 0.6 is 0 Å². The highest BCUT2D eigenvalue weighted by Crippen LogP contribution is 2.36. The fourth-order valence-electron chi connectivity index (χ4n) is 2.80. The Kier molecular flexibility index (Phi) is 5.05. The number of hydrogen-bond acceptors (Lipinski definition) is 3. The van der Waals surface area contributed by atoms with E-state index >= 15 is 0 Å². The van der Waals surface area contributed by atoms with E-state index in [1.54, 1.807) is 0 Å². The summed E-state index contributed by atoms with van der Waals surface area (Å²) in [5.74, 6) is 1.32. The normalized spacial score (nSPS) is 11.1. The third kappa shape index (κ3) is 3.12. The standard InChI is InChI=1S/C18H26N2O/c1-6-11-21-15-10-8-9-14-17(15)20-13(5)16(12(3)4)18(14)19-7-2/h8-10,12H,6-7,11H2,1-5H3,(H,19,20). The number of aromatic nitrogens is 1. The molecule has 0 spiro atoms. The summed E-state index contributed by atoms with van der Waals surface area (Å²) in [5.41, 5.74) is 4.55. The minimum atomic E-state index is 0.441. The van der Waals surface area contributed by atoms with E-state index in [9.17, 15) is 0 Å². The molecule has 1 heterocycles. The molecular formula is C18H26N2O. The largest absolute Gasteiger partial charge is 0.491 e. The first-order valence-electron chi connectivity index (χ1n) is 7.90. The second kappa shape index (κ2) is 6.79. The van der Waals surface area contributed by atoms with Gasteiger partial charge in [0.15, 0.2) is 0 Å². The molecule has 2 aromatic rings. The number of hydrogen-bond donors (Lipinski definition) is 1. The number of para-hydroxylation sites is 1. The molecule has 0 radical (unpaired) electrons. The Morgan fingerprint density at radius 3 is 2.62 bits per heavy atom. The van der Waals surface area contributed by atoms with Gasteiger partial charge in [0.1, 0.15) is 11.3 Å². The molecule has 114 valence electrons. The van der Waals surface area contributed by atoms with Crippen LogP contribution < -0.4 is 10.1 Å². The van der Waals surface area contributed by atoms with E-state index < -0.39 is 0 Å². The maximum atomic E-state index is 5.87. The van der Waals surface area contributed by atoms with Crippen LogP contribution in [-0.4, -0.2) is 18.1 Å². The molecule has 1 aromatic heterocycles. The fraction of sp³-hybridized carbons (Fsp3) is 0.500. The van der Waals surface area contributed by atoms with Crippen LogP contribution in [0, 0.1) is 6.92 Å². The Balaban J connectivity index is 2.69. The van der Waals surface area contributed by atoms with Gasteiger partial charge in [-0.05, 0) is 37.8 Å². The smallest absolute Gasteiger partial charge is 0.145 e. The van der Waals surface area contributed by atoms with Crippen molar-refractivity contribution in [3.8, 4) is 5.75 Å². The molecule has 2 rings (SSSR count). The van der Waals surface area contributed by atoms with Crippen molar-refractivity contribution in [1.29, 1.82) is 0 Å². The summed E-state index contributed by atoms with van der Waals surface area (Å²) in [6.07, 6.45) is 1.000. The summed E-state index contributed by atoms with van der Waals surface area (Å²) in [6, 6.07) is 6.19. The first kappa shape index (κ1) is 15.6. The van der Waals surface area contributed by atoms with Gasteiger partial charge in [-0.15, -0.1) is 0 Å². The van der Waals surface area contributed by atoms with Crippen LogP contribution in [0.3, 0.4) is 0 Å². The minimum Gasteiger partial charge on any atom is -0.491 e. The molecule has 0 aliphatic heterocycles. The molecule has 0 saturated heterocycles. The predicted molar refractivity (Wildman–Crippen MR) is 90.5 cm³/mol. The summed E-state index contributed by atoms with van der Waals surface area (Å²) < 4.78 is 5.87. The molecule has 3 heteroatoms. The summed E-state index contributed by atoms with van der Waals surface area (Å²) in [7, 11) is 0. The Morgan fingerprint density at radius 1 is 1.24 bits per heavy atom. The van der Waals surface area contributed by atoms with E-state index in [4.69, 9.17) is 9.72 Å². The Hall–Kier alpha value is -1.77. The number of aryl methyl sites for hydroxylation is 1. The Bertz CT molecular complexity index is 620. The van der Waals surface area contributed by atoms with Crippen LogP contribution in [0.1, 0.15) is 51.3 Å². The van der Waals surface area contributed by atoms with Crippen molar-refractivity contribution in [1.82, 2.24) is 4.98 Å². The van der Waals surface area contributed by atoms with Crippen molar-refractivity contribution in [3.63, 3.8) is 0 Å². The topological polar surface area (TPSA) is 34.1 Å². The van der Waals surface area contributed by atoms with Gasteiger partial charge >= 0.3 is 0 Å². The van der Waals surface area contributed by atoms with Crippen molar-refractivity contribution in [2.75, 3.05) is 18.5 Å². The molecule has 0 atom stereocenters. The SMILES string of the molecule is CCCOc1cccc2c(NCC)c(C(C)C)c(C)nc12. The van der Waals surface area contributed by atoms with Gasteiger partial charge in [0.05, 0.1) is 6.61 Å². The lowest BCUT2D eigenvalue weighted by Crippen LogP contribution is -2.07. The van der Waals surface area contributed by atoms with Gasteiger partial charge in [-0.3, -0.25) is 0 Å². The molecule has 0 aliphatic rings. The number of pyridine rings is 1. The van der Waals surface area contributed by atoms with Gasteiger partial charge in [-0.25, -0.2) is 4.98 Å². The first-order chi connectivity index (χ1) is 10.1. The highest BCUT2D eigenvalue weighted by Gasteiger charge is 2.17. The molecule has 0 saturated carbocycles. The number of anilines is 1. The first-order valence-corrected chi connectivity index (χ1v) is 7.90. The highest BCUT2D eigenvalue weighted by molar-refractivity contribution is 5.97. The molecule has 0 amide bonds. The quantitative estimate of drug-likeness (QED) is 0.821. The zero-order valence-electron chi connectivity index (χ0n) is 13.8. The van der Waals surface area contributed by atoms with Gasteiger partial charge in [0.25, 0.3) is 0 Å². The lowest BCUT2D eigenvalue weighted by atomic mass is 9.96. The van der Waals surface area contributed by atoms with Crippen molar-refractivity contribution in [2.45, 2.75) is 47.0 Å². The number of benzene rings is 1. The summed E-state index contributed by atoms with van der Waals surface area (Å²) in [4.78, 5) is 4.83. The zero-order valence-corrected chi connectivity index (χ0v) is 13.8. The number of rotatable bonds is 6. The average Bonchev–Trinajstić information content (AvgIpc) is 2.45. The van der Waals surface area contributed by atoms with Crippen LogP contribution in [0.2, 0.25) is 0 Å². The maximum absolute atomic E-state index is 5.87. The summed E-state index contributed by atoms with van der Waals surface area (Å²) >= 11 is 0. The number of nitrogens with zero attached hydrogens (tertiary/aromatic N) is 1. The summed E-state index contributed by atoms with van der Waals surface area (Å²) in [5, 5.41) is 4.68. The van der Waals surface area contributed by atoms with Crippen LogP contribution in [-0.2, 0) is 0 Å². The Morgan fingerprint density at radius 2 is 2.00 bits per heavy atom. The van der Waals surface area contributed by atoms with Gasteiger partial charge in [0.2, 0.25) is 0 Å². The lowest BCUT2D eigenvalue weighted by molar-refractivity contribution is 0.320. The third-order valence-corrected chi connectivity index (χ3v) is 3.60. The molecule has 21 heavy (non-hydrogen) atoms. The van der Waals surface area contributed by atoms with Crippen LogP contribution in [0.15, 0.2) is 18.2 Å². The van der Waals surface area contributed by atoms with Gasteiger partial charge in [-0.2, -0.15) is 0 Å². The van der Waals surface area contributed by atoms with Gasteiger partial charge in [-0.1, -0.05) is 32.9 Å².